The minimum absolute atomic E-state index is 0.752. The number of rotatable bonds is 1. The number of aromatic nitrogens is 2. The lowest BCUT2D eigenvalue weighted by molar-refractivity contribution is 0.178. The maximum Gasteiger partial charge on any atom is 0.0537 e. The van der Waals surface area contributed by atoms with E-state index in [-0.39, 0.29) is 0 Å². The van der Waals surface area contributed by atoms with Gasteiger partial charge in [0.1, 0.15) is 0 Å². The van der Waals surface area contributed by atoms with E-state index < -0.39 is 0 Å². The molecule has 1 atom stereocenters. The molecule has 16 heavy (non-hydrogen) atoms. The van der Waals surface area contributed by atoms with Gasteiger partial charge in [-0.2, -0.15) is 16.9 Å². The highest BCUT2D eigenvalue weighted by atomic mass is 32.2. The minimum Gasteiger partial charge on any atom is -0.289 e. The molecule has 86 valence electrons. The van der Waals surface area contributed by atoms with Gasteiger partial charge in [0, 0.05) is 30.4 Å². The zero-order chi connectivity index (χ0) is 10.6. The molecule has 3 aliphatic rings. The van der Waals surface area contributed by atoms with E-state index >= 15 is 0 Å². The van der Waals surface area contributed by atoms with E-state index in [2.05, 4.69) is 26.9 Å². The lowest BCUT2D eigenvalue weighted by Crippen LogP contribution is -2.38. The van der Waals surface area contributed by atoms with E-state index in [9.17, 15) is 0 Å². The molecule has 2 aliphatic heterocycles. The standard InChI is InChI=1S/C12H17N3S/c1-2-12(1)3-10(7-16-8-12)15-5-9-4-13-14-11(9)6-15/h4,10H,1-3,5-8H2,(H,13,14)/t10-/m1/s1. The third-order valence-electron chi connectivity index (χ3n) is 4.40. The van der Waals surface area contributed by atoms with Crippen molar-refractivity contribution in [2.24, 2.45) is 5.41 Å². The van der Waals surface area contributed by atoms with Crippen LogP contribution in [-0.2, 0) is 13.1 Å². The van der Waals surface area contributed by atoms with E-state index in [1.807, 2.05) is 6.20 Å². The van der Waals surface area contributed by atoms with Crippen LogP contribution in [0.25, 0.3) is 0 Å². The molecule has 1 aliphatic carbocycles. The van der Waals surface area contributed by atoms with Crippen LogP contribution in [0.15, 0.2) is 6.20 Å². The average Bonchev–Trinajstić information content (AvgIpc) is 2.76. The second kappa shape index (κ2) is 3.26. The molecule has 0 aromatic carbocycles. The average molecular weight is 235 g/mol. The van der Waals surface area contributed by atoms with Gasteiger partial charge in [-0.05, 0) is 30.4 Å². The summed E-state index contributed by atoms with van der Waals surface area (Å²) in [5.74, 6) is 2.75. The summed E-state index contributed by atoms with van der Waals surface area (Å²) in [6.45, 7) is 2.21. The maximum absolute atomic E-state index is 4.11. The van der Waals surface area contributed by atoms with Crippen molar-refractivity contribution < 1.29 is 0 Å². The summed E-state index contributed by atoms with van der Waals surface area (Å²) in [4.78, 5) is 2.65. The highest BCUT2D eigenvalue weighted by Gasteiger charge is 2.47. The van der Waals surface area contributed by atoms with Gasteiger partial charge in [-0.25, -0.2) is 0 Å². The topological polar surface area (TPSA) is 31.9 Å². The first-order chi connectivity index (χ1) is 7.85. The maximum atomic E-state index is 4.11. The van der Waals surface area contributed by atoms with Gasteiger partial charge in [-0.1, -0.05) is 0 Å². The predicted octanol–water partition coefficient (Wildman–Crippen LogP) is 2.01. The van der Waals surface area contributed by atoms with Crippen LogP contribution in [0.2, 0.25) is 0 Å². The van der Waals surface area contributed by atoms with Gasteiger partial charge in [0.2, 0.25) is 0 Å². The summed E-state index contributed by atoms with van der Waals surface area (Å²) >= 11 is 2.17. The molecule has 3 heterocycles. The van der Waals surface area contributed by atoms with Crippen LogP contribution < -0.4 is 0 Å². The van der Waals surface area contributed by atoms with E-state index in [0.29, 0.717) is 0 Å². The van der Waals surface area contributed by atoms with Crippen LogP contribution in [0.5, 0.6) is 0 Å². The lowest BCUT2D eigenvalue weighted by atomic mass is 9.98. The van der Waals surface area contributed by atoms with Crippen LogP contribution >= 0.6 is 11.8 Å². The number of nitrogens with one attached hydrogen (secondary N) is 1. The summed E-state index contributed by atoms with van der Waals surface area (Å²) in [5, 5.41) is 7.23. The second-order valence-corrected chi connectivity index (χ2v) is 6.68. The molecule has 1 aromatic heterocycles. The first-order valence-corrected chi connectivity index (χ1v) is 7.33. The molecule has 1 aromatic rings. The normalized spacial score (nSPS) is 31.9. The summed E-state index contributed by atoms with van der Waals surface area (Å²) in [5.41, 5.74) is 3.52. The van der Waals surface area contributed by atoms with Crippen molar-refractivity contribution in [3.05, 3.63) is 17.5 Å². The Labute approximate surface area is 100.0 Å². The predicted molar refractivity (Wildman–Crippen MR) is 65.2 cm³/mol. The Morgan fingerprint density at radius 2 is 2.38 bits per heavy atom. The van der Waals surface area contributed by atoms with E-state index in [1.54, 1.807) is 0 Å². The largest absolute Gasteiger partial charge is 0.289 e. The lowest BCUT2D eigenvalue weighted by Gasteiger charge is -2.35. The molecule has 1 saturated heterocycles. The number of hydrogen-bond acceptors (Lipinski definition) is 3. The van der Waals surface area contributed by atoms with Crippen LogP contribution in [0, 0.1) is 5.41 Å². The summed E-state index contributed by atoms with van der Waals surface area (Å²) < 4.78 is 0. The zero-order valence-corrected chi connectivity index (χ0v) is 10.2. The van der Waals surface area contributed by atoms with E-state index in [1.165, 1.54) is 42.0 Å². The first-order valence-electron chi connectivity index (χ1n) is 6.18. The van der Waals surface area contributed by atoms with Crippen molar-refractivity contribution >= 4 is 11.8 Å². The zero-order valence-electron chi connectivity index (χ0n) is 9.41. The van der Waals surface area contributed by atoms with Crippen LogP contribution in [0.3, 0.4) is 0 Å². The molecule has 1 saturated carbocycles. The Balaban J connectivity index is 1.49. The quantitative estimate of drug-likeness (QED) is 0.808. The monoisotopic (exact) mass is 235 g/mol. The molecule has 0 radical (unpaired) electrons. The minimum atomic E-state index is 0.752. The number of fused-ring (bicyclic) bond motifs is 1. The molecule has 4 rings (SSSR count). The van der Waals surface area contributed by atoms with Crippen LogP contribution in [0.4, 0.5) is 0 Å². The SMILES string of the molecule is c1n[nH]c2c1CN([C@H]1CSCC3(CC3)C1)C2. The Morgan fingerprint density at radius 1 is 1.44 bits per heavy atom. The molecule has 3 nitrogen and oxygen atoms in total. The molecule has 1 N–H and O–H groups in total. The van der Waals surface area contributed by atoms with Gasteiger partial charge >= 0.3 is 0 Å². The molecule has 1 spiro atoms. The summed E-state index contributed by atoms with van der Waals surface area (Å²) in [7, 11) is 0. The fraction of sp³-hybridized carbons (Fsp3) is 0.750. The van der Waals surface area contributed by atoms with E-state index in [4.69, 9.17) is 0 Å². The molecular weight excluding hydrogens is 218 g/mol. The fourth-order valence-corrected chi connectivity index (χ4v) is 4.69. The van der Waals surface area contributed by atoms with Gasteiger partial charge < -0.3 is 0 Å². The third kappa shape index (κ3) is 1.43. The van der Waals surface area contributed by atoms with Crippen molar-refractivity contribution in [1.82, 2.24) is 15.1 Å². The number of hydrogen-bond donors (Lipinski definition) is 1. The number of thioether (sulfide) groups is 1. The Morgan fingerprint density at radius 3 is 3.19 bits per heavy atom. The van der Waals surface area contributed by atoms with Gasteiger partial charge in [-0.15, -0.1) is 0 Å². The summed E-state index contributed by atoms with van der Waals surface area (Å²) in [6, 6.07) is 0.807. The molecule has 0 amide bonds. The Hall–Kier alpha value is -0.480. The smallest absolute Gasteiger partial charge is 0.0537 e. The van der Waals surface area contributed by atoms with Gasteiger partial charge in [-0.3, -0.25) is 10.00 Å². The second-order valence-electron chi connectivity index (χ2n) is 5.65. The Kier molecular flexibility index (Phi) is 1.95. The highest BCUT2D eigenvalue weighted by molar-refractivity contribution is 7.99. The van der Waals surface area contributed by atoms with Crippen molar-refractivity contribution in [2.45, 2.75) is 38.4 Å². The van der Waals surface area contributed by atoms with Gasteiger partial charge in [0.05, 0.1) is 11.9 Å². The number of H-pyrrole nitrogens is 1. The summed E-state index contributed by atoms with van der Waals surface area (Å²) in [6.07, 6.45) is 6.41. The Bertz CT molecular complexity index is 390. The van der Waals surface area contributed by atoms with Gasteiger partial charge in [0.25, 0.3) is 0 Å². The number of nitrogens with zero attached hydrogens (tertiary/aromatic N) is 2. The van der Waals surface area contributed by atoms with Crippen LogP contribution in [-0.4, -0.2) is 32.6 Å². The van der Waals surface area contributed by atoms with Crippen molar-refractivity contribution in [1.29, 1.82) is 0 Å². The molecule has 0 bridgehead atoms. The third-order valence-corrected chi connectivity index (χ3v) is 5.84. The number of aromatic amines is 1. The first kappa shape index (κ1) is 9.54. The molecular formula is C12H17N3S. The molecule has 0 unspecified atom stereocenters. The fourth-order valence-electron chi connectivity index (χ4n) is 3.14. The van der Waals surface area contributed by atoms with Gasteiger partial charge in [0.15, 0.2) is 0 Å². The molecule has 2 fully saturated rings. The highest BCUT2D eigenvalue weighted by Crippen LogP contribution is 2.55. The van der Waals surface area contributed by atoms with E-state index in [0.717, 1.165) is 24.5 Å². The van der Waals surface area contributed by atoms with Crippen LogP contribution in [0.1, 0.15) is 30.5 Å². The molecule has 4 heteroatoms. The van der Waals surface area contributed by atoms with Crippen molar-refractivity contribution in [3.63, 3.8) is 0 Å². The van der Waals surface area contributed by atoms with Crippen molar-refractivity contribution in [2.75, 3.05) is 11.5 Å². The van der Waals surface area contributed by atoms with Crippen molar-refractivity contribution in [3.8, 4) is 0 Å².